The molecule has 2 heteroatoms. The summed E-state index contributed by atoms with van der Waals surface area (Å²) in [5.74, 6) is 0. The molecular formula is C18H16N2. The molecule has 0 spiro atoms. The normalized spacial score (nSPS) is 13.8. The Morgan fingerprint density at radius 1 is 0.950 bits per heavy atom. The van der Waals surface area contributed by atoms with E-state index in [0.29, 0.717) is 0 Å². The Morgan fingerprint density at radius 3 is 2.40 bits per heavy atom. The van der Waals surface area contributed by atoms with Crippen molar-refractivity contribution < 1.29 is 0 Å². The minimum Gasteiger partial charge on any atom is -0.279 e. The molecule has 0 saturated carbocycles. The Hall–Kier alpha value is -2.61. The summed E-state index contributed by atoms with van der Waals surface area (Å²) in [4.78, 5) is 0. The first kappa shape index (κ1) is 12.4. The van der Waals surface area contributed by atoms with E-state index in [1.54, 1.807) is 0 Å². The van der Waals surface area contributed by atoms with E-state index in [1.165, 1.54) is 16.7 Å². The van der Waals surface area contributed by atoms with Crippen LogP contribution in [0.2, 0.25) is 0 Å². The summed E-state index contributed by atoms with van der Waals surface area (Å²) in [6, 6.07) is 16.8. The van der Waals surface area contributed by atoms with Gasteiger partial charge in [0.15, 0.2) is 0 Å². The highest BCUT2D eigenvalue weighted by atomic mass is 15.3. The molecule has 0 amide bonds. The maximum atomic E-state index is 4.30. The van der Waals surface area contributed by atoms with Crippen molar-refractivity contribution in [3.05, 3.63) is 84.1 Å². The predicted octanol–water partition coefficient (Wildman–Crippen LogP) is 4.04. The molecule has 1 heterocycles. The minimum absolute atomic E-state index is 0.811. The number of hydrazone groups is 1. The second-order valence-corrected chi connectivity index (χ2v) is 4.86. The van der Waals surface area contributed by atoms with Gasteiger partial charge in [-0.3, -0.25) is 5.43 Å². The van der Waals surface area contributed by atoms with E-state index >= 15 is 0 Å². The summed E-state index contributed by atoms with van der Waals surface area (Å²) in [5, 5.41) is 4.30. The third-order valence-electron chi connectivity index (χ3n) is 3.37. The van der Waals surface area contributed by atoms with Gasteiger partial charge in [0, 0.05) is 11.3 Å². The fraction of sp³-hybridized carbons (Fsp3) is 0.0556. The van der Waals surface area contributed by atoms with Crippen LogP contribution in [0.3, 0.4) is 0 Å². The Balaban J connectivity index is 1.96. The standard InChI is InChI=1S/C18H16N2/c1-13-12-16(18-11-8-14(2)19-20-18)9-10-17(13)15-6-4-3-5-7-15/h3-12,19H,2H2,1H3. The minimum atomic E-state index is 0.811. The van der Waals surface area contributed by atoms with Gasteiger partial charge in [-0.05, 0) is 41.8 Å². The molecule has 0 unspecified atom stereocenters. The molecule has 2 aromatic rings. The summed E-state index contributed by atoms with van der Waals surface area (Å²) >= 11 is 0. The number of hydrogen-bond acceptors (Lipinski definition) is 2. The van der Waals surface area contributed by atoms with Gasteiger partial charge in [0.1, 0.15) is 0 Å². The highest BCUT2D eigenvalue weighted by Crippen LogP contribution is 2.24. The molecular weight excluding hydrogens is 244 g/mol. The van der Waals surface area contributed by atoms with Gasteiger partial charge in [-0.25, -0.2) is 0 Å². The van der Waals surface area contributed by atoms with Crippen molar-refractivity contribution in [2.45, 2.75) is 6.92 Å². The van der Waals surface area contributed by atoms with Crippen LogP contribution < -0.4 is 5.43 Å². The first-order valence-corrected chi connectivity index (χ1v) is 6.61. The lowest BCUT2D eigenvalue weighted by Crippen LogP contribution is -2.12. The average Bonchev–Trinajstić information content (AvgIpc) is 2.49. The number of benzene rings is 2. The lowest BCUT2D eigenvalue weighted by molar-refractivity contribution is 0.914. The molecule has 3 rings (SSSR count). The molecule has 0 atom stereocenters. The van der Waals surface area contributed by atoms with Gasteiger partial charge >= 0.3 is 0 Å². The number of allylic oxidation sites excluding steroid dienone is 2. The number of aryl methyl sites for hydroxylation is 1. The second-order valence-electron chi connectivity index (χ2n) is 4.86. The summed E-state index contributed by atoms with van der Waals surface area (Å²) in [6.45, 7) is 5.94. The molecule has 2 aromatic carbocycles. The van der Waals surface area contributed by atoms with Crippen LogP contribution in [0.25, 0.3) is 11.1 Å². The number of nitrogens with zero attached hydrogens (tertiary/aromatic N) is 1. The van der Waals surface area contributed by atoms with Crippen molar-refractivity contribution >= 4 is 5.71 Å². The van der Waals surface area contributed by atoms with E-state index < -0.39 is 0 Å². The molecule has 1 aliphatic rings. The highest BCUT2D eigenvalue weighted by molar-refractivity contribution is 6.09. The van der Waals surface area contributed by atoms with E-state index in [1.807, 2.05) is 18.2 Å². The number of hydrogen-bond donors (Lipinski definition) is 1. The molecule has 0 saturated heterocycles. The van der Waals surface area contributed by atoms with Crippen molar-refractivity contribution in [3.63, 3.8) is 0 Å². The Kier molecular flexibility index (Phi) is 3.21. The van der Waals surface area contributed by atoms with Crippen LogP contribution in [0.1, 0.15) is 11.1 Å². The smallest absolute Gasteiger partial charge is 0.0906 e. The Labute approximate surface area is 119 Å². The fourth-order valence-corrected chi connectivity index (χ4v) is 2.31. The van der Waals surface area contributed by atoms with Crippen molar-refractivity contribution in [1.82, 2.24) is 5.43 Å². The lowest BCUT2D eigenvalue weighted by Gasteiger charge is -2.12. The van der Waals surface area contributed by atoms with Gasteiger partial charge in [-0.15, -0.1) is 0 Å². The quantitative estimate of drug-likeness (QED) is 0.866. The Bertz CT molecular complexity index is 709. The maximum absolute atomic E-state index is 4.30. The van der Waals surface area contributed by atoms with Crippen LogP contribution in [-0.2, 0) is 0 Å². The molecule has 0 aromatic heterocycles. The van der Waals surface area contributed by atoms with Crippen LogP contribution in [0.5, 0.6) is 0 Å². The molecule has 98 valence electrons. The number of rotatable bonds is 2. The molecule has 0 radical (unpaired) electrons. The van der Waals surface area contributed by atoms with Crippen molar-refractivity contribution in [3.8, 4) is 11.1 Å². The summed E-state index contributed by atoms with van der Waals surface area (Å²) in [7, 11) is 0. The van der Waals surface area contributed by atoms with E-state index in [-0.39, 0.29) is 0 Å². The third kappa shape index (κ3) is 2.41. The summed E-state index contributed by atoms with van der Waals surface area (Å²) < 4.78 is 0. The second kappa shape index (κ2) is 5.17. The molecule has 1 N–H and O–H groups in total. The van der Waals surface area contributed by atoms with Crippen molar-refractivity contribution in [2.75, 3.05) is 0 Å². The molecule has 0 fully saturated rings. The van der Waals surface area contributed by atoms with E-state index in [2.05, 4.69) is 66.5 Å². The van der Waals surface area contributed by atoms with Crippen molar-refractivity contribution in [1.29, 1.82) is 0 Å². The van der Waals surface area contributed by atoms with E-state index in [0.717, 1.165) is 17.0 Å². The molecule has 2 nitrogen and oxygen atoms in total. The Morgan fingerprint density at radius 2 is 1.75 bits per heavy atom. The average molecular weight is 260 g/mol. The van der Waals surface area contributed by atoms with Crippen LogP contribution >= 0.6 is 0 Å². The summed E-state index contributed by atoms with van der Waals surface area (Å²) in [5.41, 5.74) is 9.50. The molecule has 0 bridgehead atoms. The molecule has 0 aliphatic carbocycles. The zero-order valence-electron chi connectivity index (χ0n) is 11.4. The van der Waals surface area contributed by atoms with Gasteiger partial charge in [0.05, 0.1) is 5.71 Å². The SMILES string of the molecule is C=C1C=CC(c2ccc(-c3ccccc3)c(C)c2)=NN1. The predicted molar refractivity (Wildman–Crippen MR) is 84.6 cm³/mol. The van der Waals surface area contributed by atoms with Gasteiger partial charge in [0.2, 0.25) is 0 Å². The van der Waals surface area contributed by atoms with Gasteiger partial charge in [-0.2, -0.15) is 5.10 Å². The van der Waals surface area contributed by atoms with Crippen molar-refractivity contribution in [2.24, 2.45) is 5.10 Å². The monoisotopic (exact) mass is 260 g/mol. The van der Waals surface area contributed by atoms with E-state index in [4.69, 9.17) is 0 Å². The first-order chi connectivity index (χ1) is 9.74. The zero-order chi connectivity index (χ0) is 13.9. The molecule has 1 aliphatic heterocycles. The largest absolute Gasteiger partial charge is 0.279 e. The van der Waals surface area contributed by atoms with Gasteiger partial charge in [-0.1, -0.05) is 49.0 Å². The lowest BCUT2D eigenvalue weighted by atomic mass is 9.97. The third-order valence-corrected chi connectivity index (χ3v) is 3.37. The topological polar surface area (TPSA) is 24.4 Å². The maximum Gasteiger partial charge on any atom is 0.0906 e. The van der Waals surface area contributed by atoms with Crippen LogP contribution in [0.15, 0.2) is 78.1 Å². The van der Waals surface area contributed by atoms with Gasteiger partial charge in [0.25, 0.3) is 0 Å². The van der Waals surface area contributed by atoms with Crippen LogP contribution in [0.4, 0.5) is 0 Å². The highest BCUT2D eigenvalue weighted by Gasteiger charge is 2.07. The van der Waals surface area contributed by atoms with E-state index in [9.17, 15) is 0 Å². The fourth-order valence-electron chi connectivity index (χ4n) is 2.31. The van der Waals surface area contributed by atoms with Gasteiger partial charge < -0.3 is 0 Å². The molecule has 20 heavy (non-hydrogen) atoms. The van der Waals surface area contributed by atoms with Crippen LogP contribution in [0, 0.1) is 6.92 Å². The summed E-state index contributed by atoms with van der Waals surface area (Å²) in [6.07, 6.45) is 3.92. The number of nitrogens with one attached hydrogen (secondary N) is 1. The van der Waals surface area contributed by atoms with Crippen LogP contribution in [-0.4, -0.2) is 5.71 Å². The zero-order valence-corrected chi connectivity index (χ0v) is 11.4. The first-order valence-electron chi connectivity index (χ1n) is 6.61.